The van der Waals surface area contributed by atoms with Crippen LogP contribution in [0.1, 0.15) is 58.4 Å². The average molecular weight is 265 g/mol. The molecule has 108 valence electrons. The van der Waals surface area contributed by atoms with Gasteiger partial charge in [0.15, 0.2) is 0 Å². The highest BCUT2D eigenvalue weighted by atomic mass is 15.3. The van der Waals surface area contributed by atoms with E-state index in [1.54, 1.807) is 6.33 Å². The molecule has 0 aliphatic carbocycles. The van der Waals surface area contributed by atoms with Crippen LogP contribution >= 0.6 is 0 Å². The number of hydrogen-bond donors (Lipinski definition) is 3. The van der Waals surface area contributed by atoms with Gasteiger partial charge < -0.3 is 10.7 Å². The smallest absolute Gasteiger partial charge is 0.148 e. The summed E-state index contributed by atoms with van der Waals surface area (Å²) in [5, 5.41) is 3.48. The lowest BCUT2D eigenvalue weighted by Gasteiger charge is -2.18. The molecule has 19 heavy (non-hydrogen) atoms. The highest BCUT2D eigenvalue weighted by Crippen LogP contribution is 2.22. The van der Waals surface area contributed by atoms with Gasteiger partial charge in [-0.1, -0.05) is 39.5 Å². The minimum absolute atomic E-state index is 0.419. The fraction of sp³-hybridized carbons (Fsp3) is 0.714. The normalized spacial score (nSPS) is 12.2. The van der Waals surface area contributed by atoms with Crippen LogP contribution in [0.15, 0.2) is 6.33 Å². The minimum Gasteiger partial charge on any atom is -0.367 e. The van der Waals surface area contributed by atoms with Crippen LogP contribution in [0.4, 0.5) is 11.6 Å². The Labute approximate surface area is 116 Å². The van der Waals surface area contributed by atoms with Gasteiger partial charge in [0.05, 0.1) is 0 Å². The lowest BCUT2D eigenvalue weighted by Crippen LogP contribution is -2.19. The largest absolute Gasteiger partial charge is 0.367 e. The summed E-state index contributed by atoms with van der Waals surface area (Å²) in [7, 11) is 0. The van der Waals surface area contributed by atoms with Gasteiger partial charge in [-0.3, -0.25) is 0 Å². The monoisotopic (exact) mass is 265 g/mol. The minimum atomic E-state index is 0.419. The number of nitrogens with two attached hydrogens (primary N) is 1. The van der Waals surface area contributed by atoms with Crippen molar-refractivity contribution in [1.82, 2.24) is 9.97 Å². The summed E-state index contributed by atoms with van der Waals surface area (Å²) in [6.07, 6.45) is 8.46. The molecule has 1 aromatic rings. The molecule has 1 aromatic heterocycles. The molecular weight excluding hydrogens is 238 g/mol. The number of hydrogen-bond acceptors (Lipinski definition) is 5. The first-order chi connectivity index (χ1) is 9.22. The van der Waals surface area contributed by atoms with Crippen molar-refractivity contribution in [2.24, 2.45) is 5.84 Å². The highest BCUT2D eigenvalue weighted by Gasteiger charge is 2.12. The van der Waals surface area contributed by atoms with Crippen LogP contribution in [-0.2, 0) is 6.42 Å². The Bertz CT molecular complexity index is 367. The summed E-state index contributed by atoms with van der Waals surface area (Å²) in [5.41, 5.74) is 3.73. The number of rotatable bonds is 9. The van der Waals surface area contributed by atoms with E-state index in [0.717, 1.165) is 36.5 Å². The van der Waals surface area contributed by atoms with Gasteiger partial charge in [-0.05, 0) is 19.8 Å². The second-order valence-corrected chi connectivity index (χ2v) is 4.98. The molecule has 0 fully saturated rings. The predicted molar refractivity (Wildman–Crippen MR) is 81.1 cm³/mol. The zero-order valence-electron chi connectivity index (χ0n) is 12.4. The first-order valence-corrected chi connectivity index (χ1v) is 7.29. The maximum Gasteiger partial charge on any atom is 0.148 e. The molecule has 5 nitrogen and oxygen atoms in total. The van der Waals surface area contributed by atoms with Gasteiger partial charge in [0.25, 0.3) is 0 Å². The Kier molecular flexibility index (Phi) is 7.18. The molecule has 0 aromatic carbocycles. The third kappa shape index (κ3) is 5.03. The Balaban J connectivity index is 2.70. The summed E-state index contributed by atoms with van der Waals surface area (Å²) in [5.74, 6) is 7.14. The molecule has 0 radical (unpaired) electrons. The van der Waals surface area contributed by atoms with E-state index in [1.807, 2.05) is 0 Å². The molecule has 0 bridgehead atoms. The van der Waals surface area contributed by atoms with E-state index >= 15 is 0 Å². The fourth-order valence-electron chi connectivity index (χ4n) is 2.15. The maximum absolute atomic E-state index is 5.51. The van der Waals surface area contributed by atoms with Gasteiger partial charge in [-0.25, -0.2) is 15.8 Å². The molecule has 1 unspecified atom stereocenters. The molecule has 0 saturated heterocycles. The highest BCUT2D eigenvalue weighted by molar-refractivity contribution is 5.57. The van der Waals surface area contributed by atoms with Gasteiger partial charge in [0, 0.05) is 11.6 Å². The molecule has 1 atom stereocenters. The van der Waals surface area contributed by atoms with Gasteiger partial charge in [0.2, 0.25) is 0 Å². The summed E-state index contributed by atoms with van der Waals surface area (Å²) >= 11 is 0. The number of unbranched alkanes of at least 4 members (excludes halogenated alkanes) is 2. The Hall–Kier alpha value is -1.36. The summed E-state index contributed by atoms with van der Waals surface area (Å²) in [4.78, 5) is 8.53. The Morgan fingerprint density at radius 2 is 1.89 bits per heavy atom. The lowest BCUT2D eigenvalue weighted by molar-refractivity contribution is 0.613. The van der Waals surface area contributed by atoms with Crippen molar-refractivity contribution in [3.05, 3.63) is 11.9 Å². The number of nitrogens with one attached hydrogen (secondary N) is 2. The quantitative estimate of drug-likeness (QED) is 0.363. The number of nitrogen functional groups attached to an aromatic ring is 1. The summed E-state index contributed by atoms with van der Waals surface area (Å²) < 4.78 is 0. The molecule has 0 spiro atoms. The van der Waals surface area contributed by atoms with Crippen molar-refractivity contribution in [2.45, 2.75) is 65.3 Å². The third-order valence-corrected chi connectivity index (χ3v) is 3.21. The van der Waals surface area contributed by atoms with Crippen LogP contribution < -0.4 is 16.6 Å². The van der Waals surface area contributed by atoms with Crippen LogP contribution in [0.3, 0.4) is 0 Å². The van der Waals surface area contributed by atoms with Crippen LogP contribution in [0.2, 0.25) is 0 Å². The molecule has 0 saturated carbocycles. The number of nitrogens with zero attached hydrogens (tertiary/aromatic N) is 2. The van der Waals surface area contributed by atoms with E-state index in [1.165, 1.54) is 19.3 Å². The number of hydrazine groups is 1. The van der Waals surface area contributed by atoms with Gasteiger partial charge in [-0.15, -0.1) is 0 Å². The zero-order valence-corrected chi connectivity index (χ0v) is 12.4. The SMILES string of the molecule is CCCCCC(C)Nc1ncnc(NN)c1CCC. The first-order valence-electron chi connectivity index (χ1n) is 7.29. The van der Waals surface area contributed by atoms with Crippen LogP contribution in [0.5, 0.6) is 0 Å². The molecule has 1 rings (SSSR count). The first kappa shape index (κ1) is 15.7. The van der Waals surface area contributed by atoms with Crippen molar-refractivity contribution >= 4 is 11.6 Å². The average Bonchev–Trinajstić information content (AvgIpc) is 2.41. The number of aromatic nitrogens is 2. The second kappa shape index (κ2) is 8.69. The Morgan fingerprint density at radius 1 is 1.16 bits per heavy atom. The van der Waals surface area contributed by atoms with Crippen molar-refractivity contribution in [3.63, 3.8) is 0 Å². The molecule has 0 aliphatic rings. The fourth-order valence-corrected chi connectivity index (χ4v) is 2.15. The topological polar surface area (TPSA) is 75.9 Å². The van der Waals surface area contributed by atoms with E-state index in [-0.39, 0.29) is 0 Å². The van der Waals surface area contributed by atoms with Gasteiger partial charge >= 0.3 is 0 Å². The molecule has 0 aliphatic heterocycles. The predicted octanol–water partition coefficient (Wildman–Crippen LogP) is 3.10. The van der Waals surface area contributed by atoms with Crippen LogP contribution in [0, 0.1) is 0 Å². The maximum atomic E-state index is 5.51. The molecule has 5 heteroatoms. The van der Waals surface area contributed by atoms with Crippen molar-refractivity contribution in [1.29, 1.82) is 0 Å². The van der Waals surface area contributed by atoms with Crippen molar-refractivity contribution < 1.29 is 0 Å². The van der Waals surface area contributed by atoms with Gasteiger partial charge in [0.1, 0.15) is 18.0 Å². The second-order valence-electron chi connectivity index (χ2n) is 4.98. The van der Waals surface area contributed by atoms with E-state index in [0.29, 0.717) is 6.04 Å². The Morgan fingerprint density at radius 3 is 2.53 bits per heavy atom. The standard InChI is InChI=1S/C14H27N5/c1-4-6-7-9-11(3)18-13-12(8-5-2)14(19-15)17-10-16-13/h10-11H,4-9,15H2,1-3H3,(H2,16,17,18,19). The van der Waals surface area contributed by atoms with Crippen LogP contribution in [0.25, 0.3) is 0 Å². The van der Waals surface area contributed by atoms with Crippen molar-refractivity contribution in [3.8, 4) is 0 Å². The zero-order chi connectivity index (χ0) is 14.1. The van der Waals surface area contributed by atoms with E-state index in [2.05, 4.69) is 41.5 Å². The summed E-state index contributed by atoms with van der Waals surface area (Å²) in [6, 6.07) is 0.419. The third-order valence-electron chi connectivity index (χ3n) is 3.21. The van der Waals surface area contributed by atoms with E-state index in [4.69, 9.17) is 5.84 Å². The molecule has 1 heterocycles. The number of anilines is 2. The van der Waals surface area contributed by atoms with E-state index < -0.39 is 0 Å². The summed E-state index contributed by atoms with van der Waals surface area (Å²) in [6.45, 7) is 6.56. The van der Waals surface area contributed by atoms with Gasteiger partial charge in [-0.2, -0.15) is 0 Å². The van der Waals surface area contributed by atoms with Crippen molar-refractivity contribution in [2.75, 3.05) is 10.7 Å². The lowest BCUT2D eigenvalue weighted by atomic mass is 10.1. The molecule has 4 N–H and O–H groups in total. The molecular formula is C14H27N5. The van der Waals surface area contributed by atoms with E-state index in [9.17, 15) is 0 Å². The molecule has 0 amide bonds. The van der Waals surface area contributed by atoms with Crippen LogP contribution in [-0.4, -0.2) is 16.0 Å².